The molecule has 0 aliphatic carbocycles. The molecule has 0 radical (unpaired) electrons. The Balaban J connectivity index is 1.71. The summed E-state index contributed by atoms with van der Waals surface area (Å²) in [5.41, 5.74) is 8.01. The monoisotopic (exact) mass is 432 g/mol. The number of carbonyl (C=O) groups is 1. The van der Waals surface area contributed by atoms with Gasteiger partial charge in [0.2, 0.25) is 5.91 Å². The van der Waals surface area contributed by atoms with Crippen LogP contribution in [-0.2, 0) is 4.79 Å². The van der Waals surface area contributed by atoms with E-state index in [2.05, 4.69) is 21.8 Å². The first-order valence-corrected chi connectivity index (χ1v) is 10.6. The molecule has 1 atom stereocenters. The van der Waals surface area contributed by atoms with Crippen LogP contribution in [-0.4, -0.2) is 65.7 Å². The second-order valence-corrected chi connectivity index (χ2v) is 7.63. The number of hydrogen-bond donors (Lipinski definition) is 1. The van der Waals surface area contributed by atoms with Gasteiger partial charge in [-0.1, -0.05) is 12.2 Å². The van der Waals surface area contributed by atoms with E-state index in [1.807, 2.05) is 29.6 Å². The molecule has 9 nitrogen and oxygen atoms in total. The standard InChI is InChI=1S/C22H25BN6O3/c1-31-16-9-14(10-17(11-16)32-2)3-4-18-20-21(24)25-13-26-22(20)29(27-18)15-6-8-28(12-15)19(30)5-7-23/h9-11,13,15H,5-8,12,23H2,1-2H3,(H2,24,25,26)/t15-/m0/s1. The van der Waals surface area contributed by atoms with Crippen LogP contribution in [0.3, 0.4) is 0 Å². The minimum absolute atomic E-state index is 0.0140. The van der Waals surface area contributed by atoms with Crippen LogP contribution in [0, 0.1) is 11.8 Å². The van der Waals surface area contributed by atoms with Gasteiger partial charge in [-0.15, -0.1) is 0 Å². The van der Waals surface area contributed by atoms with Gasteiger partial charge in [-0.05, 0) is 24.5 Å². The molecule has 0 bridgehead atoms. The number of carbonyl (C=O) groups excluding carboxylic acids is 1. The lowest BCUT2D eigenvalue weighted by atomic mass is 10.0. The number of hydrogen-bond acceptors (Lipinski definition) is 7. The second-order valence-electron chi connectivity index (χ2n) is 7.63. The summed E-state index contributed by atoms with van der Waals surface area (Å²) in [7, 11) is 5.19. The SMILES string of the molecule is BCCC(=O)N1CC[C@H](n2nc(C#Cc3cc(OC)cc(OC)c3)c3c(N)ncnc32)C1. The molecule has 3 heterocycles. The highest BCUT2D eigenvalue weighted by atomic mass is 16.5. The number of methoxy groups -OCH3 is 2. The van der Waals surface area contributed by atoms with Crippen molar-refractivity contribution in [1.29, 1.82) is 0 Å². The Labute approximate surface area is 187 Å². The smallest absolute Gasteiger partial charge is 0.221 e. The molecule has 2 N–H and O–H groups in total. The first-order chi connectivity index (χ1) is 15.5. The lowest BCUT2D eigenvalue weighted by molar-refractivity contribution is -0.129. The Morgan fingerprint density at radius 1 is 1.22 bits per heavy atom. The number of benzene rings is 1. The third kappa shape index (κ3) is 4.19. The summed E-state index contributed by atoms with van der Waals surface area (Å²) in [6, 6.07) is 5.44. The van der Waals surface area contributed by atoms with Crippen molar-refractivity contribution in [2.24, 2.45) is 0 Å². The van der Waals surface area contributed by atoms with Crippen molar-refractivity contribution in [2.75, 3.05) is 33.0 Å². The van der Waals surface area contributed by atoms with Gasteiger partial charge in [0, 0.05) is 31.1 Å². The predicted molar refractivity (Wildman–Crippen MR) is 123 cm³/mol. The largest absolute Gasteiger partial charge is 0.497 e. The van der Waals surface area contributed by atoms with Gasteiger partial charge in [0.25, 0.3) is 0 Å². The van der Waals surface area contributed by atoms with Gasteiger partial charge < -0.3 is 20.1 Å². The van der Waals surface area contributed by atoms with Crippen LogP contribution in [0.2, 0.25) is 6.32 Å². The molecule has 1 aromatic carbocycles. The number of likely N-dealkylation sites (tertiary alicyclic amines) is 1. The fraction of sp³-hybridized carbons (Fsp3) is 0.364. The van der Waals surface area contributed by atoms with Gasteiger partial charge in [0.1, 0.15) is 37.2 Å². The van der Waals surface area contributed by atoms with Crippen molar-refractivity contribution in [3.8, 4) is 23.3 Å². The molecule has 1 amide bonds. The Morgan fingerprint density at radius 3 is 2.66 bits per heavy atom. The number of nitrogens with zero attached hydrogens (tertiary/aromatic N) is 5. The lowest BCUT2D eigenvalue weighted by Gasteiger charge is -2.16. The Bertz CT molecular complexity index is 1190. The highest BCUT2D eigenvalue weighted by molar-refractivity contribution is 6.09. The van der Waals surface area contributed by atoms with Crippen LogP contribution >= 0.6 is 0 Å². The Morgan fingerprint density at radius 2 is 1.97 bits per heavy atom. The summed E-state index contributed by atoms with van der Waals surface area (Å²) in [5, 5.41) is 5.35. The van der Waals surface area contributed by atoms with Crippen molar-refractivity contribution in [3.05, 3.63) is 35.8 Å². The molecule has 32 heavy (non-hydrogen) atoms. The number of aromatic nitrogens is 4. The number of nitrogen functional groups attached to an aromatic ring is 1. The van der Waals surface area contributed by atoms with Crippen molar-refractivity contribution >= 4 is 30.6 Å². The first kappa shape index (κ1) is 21.5. The summed E-state index contributed by atoms with van der Waals surface area (Å²) < 4.78 is 12.5. The van der Waals surface area contributed by atoms with Gasteiger partial charge in [0.15, 0.2) is 5.65 Å². The van der Waals surface area contributed by atoms with E-state index in [9.17, 15) is 4.79 Å². The predicted octanol–water partition coefficient (Wildman–Crippen LogP) is 1.04. The quantitative estimate of drug-likeness (QED) is 0.474. The topological polar surface area (TPSA) is 108 Å². The minimum atomic E-state index is 0.0140. The normalized spacial score (nSPS) is 15.4. The minimum Gasteiger partial charge on any atom is -0.497 e. The van der Waals surface area contributed by atoms with E-state index in [4.69, 9.17) is 20.3 Å². The van der Waals surface area contributed by atoms with E-state index in [0.717, 1.165) is 18.3 Å². The maximum atomic E-state index is 12.3. The summed E-state index contributed by atoms with van der Waals surface area (Å²) in [5.74, 6) is 8.02. The average Bonchev–Trinajstić information content (AvgIpc) is 3.43. The lowest BCUT2D eigenvalue weighted by Crippen LogP contribution is -2.29. The van der Waals surface area contributed by atoms with E-state index in [0.29, 0.717) is 53.6 Å². The van der Waals surface area contributed by atoms with Crippen LogP contribution in [0.5, 0.6) is 11.5 Å². The van der Waals surface area contributed by atoms with Crippen LogP contribution in [0.15, 0.2) is 24.5 Å². The van der Waals surface area contributed by atoms with E-state index in [-0.39, 0.29) is 11.9 Å². The molecule has 0 spiro atoms. The molecule has 0 unspecified atom stereocenters. The van der Waals surface area contributed by atoms with Gasteiger partial charge in [0.05, 0.1) is 25.6 Å². The van der Waals surface area contributed by atoms with Gasteiger partial charge in [-0.2, -0.15) is 5.10 Å². The number of amides is 1. The number of fused-ring (bicyclic) bond motifs is 1. The molecule has 164 valence electrons. The van der Waals surface area contributed by atoms with Crippen molar-refractivity contribution in [2.45, 2.75) is 25.2 Å². The van der Waals surface area contributed by atoms with E-state index >= 15 is 0 Å². The molecular weight excluding hydrogens is 407 g/mol. The zero-order valence-electron chi connectivity index (χ0n) is 18.5. The van der Waals surface area contributed by atoms with Crippen molar-refractivity contribution in [1.82, 2.24) is 24.6 Å². The van der Waals surface area contributed by atoms with Crippen molar-refractivity contribution < 1.29 is 14.3 Å². The highest BCUT2D eigenvalue weighted by Crippen LogP contribution is 2.29. The summed E-state index contributed by atoms with van der Waals surface area (Å²) >= 11 is 0. The van der Waals surface area contributed by atoms with Crippen LogP contribution in [0.4, 0.5) is 5.82 Å². The fourth-order valence-corrected chi connectivity index (χ4v) is 3.89. The Kier molecular flexibility index (Phi) is 6.17. The summed E-state index contributed by atoms with van der Waals surface area (Å²) in [4.78, 5) is 22.8. The number of nitrogens with two attached hydrogens (primary N) is 1. The molecule has 1 saturated heterocycles. The van der Waals surface area contributed by atoms with E-state index in [1.165, 1.54) is 6.33 Å². The zero-order valence-corrected chi connectivity index (χ0v) is 18.5. The average molecular weight is 432 g/mol. The van der Waals surface area contributed by atoms with E-state index < -0.39 is 0 Å². The summed E-state index contributed by atoms with van der Waals surface area (Å²) in [6.07, 6.45) is 3.62. The van der Waals surface area contributed by atoms with Gasteiger partial charge in [-0.25, -0.2) is 14.6 Å². The molecule has 1 aliphatic heterocycles. The summed E-state index contributed by atoms with van der Waals surface area (Å²) in [6.45, 7) is 1.30. The molecule has 10 heteroatoms. The van der Waals surface area contributed by atoms with Crippen LogP contribution in [0.1, 0.15) is 30.1 Å². The van der Waals surface area contributed by atoms with E-state index in [1.54, 1.807) is 20.3 Å². The number of anilines is 1. The molecule has 1 fully saturated rings. The third-order valence-corrected chi connectivity index (χ3v) is 5.52. The number of rotatable bonds is 5. The third-order valence-electron chi connectivity index (χ3n) is 5.52. The van der Waals surface area contributed by atoms with Crippen LogP contribution < -0.4 is 15.2 Å². The molecule has 4 rings (SSSR count). The zero-order chi connectivity index (χ0) is 22.7. The molecule has 2 aromatic heterocycles. The molecular formula is C22H25BN6O3. The first-order valence-electron chi connectivity index (χ1n) is 10.6. The van der Waals surface area contributed by atoms with Gasteiger partial charge in [-0.3, -0.25) is 4.79 Å². The number of ether oxygens (including phenoxy) is 2. The van der Waals surface area contributed by atoms with Gasteiger partial charge >= 0.3 is 0 Å². The second kappa shape index (κ2) is 9.18. The Hall–Kier alpha value is -3.74. The maximum absolute atomic E-state index is 12.3. The molecule has 0 saturated carbocycles. The molecule has 3 aromatic rings. The fourth-order valence-electron chi connectivity index (χ4n) is 3.89. The molecule has 1 aliphatic rings. The van der Waals surface area contributed by atoms with Crippen LogP contribution in [0.25, 0.3) is 11.0 Å². The maximum Gasteiger partial charge on any atom is 0.221 e. The highest BCUT2D eigenvalue weighted by Gasteiger charge is 2.30. The van der Waals surface area contributed by atoms with Crippen molar-refractivity contribution in [3.63, 3.8) is 0 Å².